The van der Waals surface area contributed by atoms with Crippen LogP contribution in [0.15, 0.2) is 24.5 Å². The molecule has 11 heavy (non-hydrogen) atoms. The molecule has 0 aliphatic heterocycles. The van der Waals surface area contributed by atoms with E-state index in [9.17, 15) is 4.79 Å². The third-order valence-electron chi connectivity index (χ3n) is 0.888. The van der Waals surface area contributed by atoms with E-state index < -0.39 is 5.24 Å². The van der Waals surface area contributed by atoms with Crippen LogP contribution in [0.1, 0.15) is 10.4 Å². The molecule has 0 aromatic carbocycles. The van der Waals surface area contributed by atoms with E-state index in [1.54, 1.807) is 18.3 Å². The van der Waals surface area contributed by atoms with Crippen molar-refractivity contribution in [2.45, 2.75) is 0 Å². The van der Waals surface area contributed by atoms with Crippen molar-refractivity contribution in [2.75, 3.05) is 0 Å². The Bertz CT molecular complexity index is 215. The first-order valence-electron chi connectivity index (χ1n) is 2.57. The van der Waals surface area contributed by atoms with Crippen molar-refractivity contribution >= 4 is 28.7 Å². The molecule has 1 aromatic rings. The molecule has 0 spiro atoms. The maximum absolute atomic E-state index is 10.4. The number of aromatic nitrogens is 1. The van der Waals surface area contributed by atoms with Gasteiger partial charge in [-0.1, -0.05) is 0 Å². The molecule has 0 bridgehead atoms. The van der Waals surface area contributed by atoms with E-state index in [4.69, 9.17) is 16.3 Å². The van der Waals surface area contributed by atoms with Gasteiger partial charge in [0.25, 0.3) is 5.24 Å². The van der Waals surface area contributed by atoms with Gasteiger partial charge in [0.15, 0.2) is 0 Å². The van der Waals surface area contributed by atoms with Gasteiger partial charge in [0.05, 0.1) is 17.4 Å². The minimum atomic E-state index is -0.469. The van der Waals surface area contributed by atoms with Gasteiger partial charge in [-0.2, -0.15) is 0 Å². The molecule has 1 N–H and O–H groups in total. The lowest BCUT2D eigenvalue weighted by Crippen LogP contribution is -1.87. The fraction of sp³-hybridized carbons (Fsp3) is 0. The average molecular weight is 194 g/mol. The zero-order chi connectivity index (χ0) is 8.69. The summed E-state index contributed by atoms with van der Waals surface area (Å²) >= 11 is 8.76. The van der Waals surface area contributed by atoms with Gasteiger partial charge < -0.3 is 0 Å². The number of hydrogen-bond donors (Lipinski definition) is 1. The van der Waals surface area contributed by atoms with Crippen LogP contribution in [0.5, 0.6) is 0 Å². The molecule has 1 aromatic heterocycles. The van der Waals surface area contributed by atoms with Gasteiger partial charge in [-0.25, -0.2) is 0 Å². The van der Waals surface area contributed by atoms with Crippen molar-refractivity contribution in [3.8, 4) is 0 Å². The Balaban J connectivity index is 0.000000461. The molecular weight excluding hydrogens is 189 g/mol. The normalized spacial score (nSPS) is 7.91. The molecule has 60 valence electrons. The molecular formula is C6H5Cl2NO2. The summed E-state index contributed by atoms with van der Waals surface area (Å²) in [7, 11) is 0. The van der Waals surface area contributed by atoms with Crippen LogP contribution in [0.25, 0.3) is 0 Å². The third-order valence-corrected chi connectivity index (χ3v) is 1.11. The molecule has 1 heterocycles. The summed E-state index contributed by atoms with van der Waals surface area (Å²) in [5.74, 6) is 0. The monoisotopic (exact) mass is 193 g/mol. The van der Waals surface area contributed by atoms with Crippen LogP contribution in [0.3, 0.4) is 0 Å². The van der Waals surface area contributed by atoms with E-state index in [1.165, 1.54) is 6.20 Å². The highest BCUT2D eigenvalue weighted by molar-refractivity contribution is 6.67. The highest BCUT2D eigenvalue weighted by atomic mass is 35.5. The van der Waals surface area contributed by atoms with E-state index in [-0.39, 0.29) is 0 Å². The zero-order valence-corrected chi connectivity index (χ0v) is 6.88. The van der Waals surface area contributed by atoms with Crippen molar-refractivity contribution in [3.63, 3.8) is 0 Å². The lowest BCUT2D eigenvalue weighted by Gasteiger charge is -1.86. The van der Waals surface area contributed by atoms with Crippen LogP contribution in [0.2, 0.25) is 0 Å². The van der Waals surface area contributed by atoms with Crippen LogP contribution < -0.4 is 0 Å². The Morgan fingerprint density at radius 2 is 2.18 bits per heavy atom. The fourth-order valence-corrected chi connectivity index (χ4v) is 0.591. The molecule has 0 aliphatic carbocycles. The lowest BCUT2D eigenvalue weighted by molar-refractivity contribution is 0.108. The number of halogens is 2. The van der Waals surface area contributed by atoms with Gasteiger partial charge in [-0.05, 0) is 23.7 Å². The summed E-state index contributed by atoms with van der Waals surface area (Å²) in [6, 6.07) is 3.28. The van der Waals surface area contributed by atoms with E-state index in [0.717, 1.165) is 0 Å². The summed E-state index contributed by atoms with van der Waals surface area (Å²) in [5.41, 5.74) is 0.430. The van der Waals surface area contributed by atoms with E-state index in [2.05, 4.69) is 16.9 Å². The minimum Gasteiger partial charge on any atom is -0.295 e. The Hall–Kier alpha value is -0.640. The summed E-state index contributed by atoms with van der Waals surface area (Å²) < 4.78 is 6.47. The number of pyridine rings is 1. The number of hydrogen-bond acceptors (Lipinski definition) is 3. The maximum atomic E-state index is 10.4. The maximum Gasteiger partial charge on any atom is 0.253 e. The van der Waals surface area contributed by atoms with Crippen molar-refractivity contribution in [1.82, 2.24) is 4.98 Å². The number of carbonyl (C=O) groups is 1. The molecule has 0 amide bonds. The van der Waals surface area contributed by atoms with Crippen LogP contribution in [0.4, 0.5) is 0 Å². The van der Waals surface area contributed by atoms with E-state index >= 15 is 0 Å². The predicted octanol–water partition coefficient (Wildman–Crippen LogP) is 1.59. The Labute approximate surface area is 73.8 Å². The molecule has 0 fully saturated rings. The van der Waals surface area contributed by atoms with Gasteiger partial charge in [0.1, 0.15) is 0 Å². The third kappa shape index (κ3) is 3.93. The molecule has 0 aliphatic rings. The van der Waals surface area contributed by atoms with Crippen molar-refractivity contribution < 1.29 is 9.45 Å². The van der Waals surface area contributed by atoms with Gasteiger partial charge in [0.2, 0.25) is 0 Å². The predicted molar refractivity (Wildman–Crippen MR) is 42.5 cm³/mol. The van der Waals surface area contributed by atoms with Crippen molar-refractivity contribution in [1.29, 1.82) is 0 Å². The van der Waals surface area contributed by atoms with Gasteiger partial charge in [-0.15, -0.1) is 0 Å². The largest absolute Gasteiger partial charge is 0.295 e. The molecule has 0 radical (unpaired) electrons. The SMILES string of the molecule is O=C(Cl)c1cccnc1.OCl. The quantitative estimate of drug-likeness (QED) is 0.690. The number of carbonyl (C=O) groups excluding carboxylic acids is 1. The van der Waals surface area contributed by atoms with Crippen LogP contribution in [-0.2, 0) is 0 Å². The fourth-order valence-electron chi connectivity index (χ4n) is 0.479. The highest BCUT2D eigenvalue weighted by Gasteiger charge is 1.96. The first kappa shape index (κ1) is 10.4. The summed E-state index contributed by atoms with van der Waals surface area (Å²) in [6.45, 7) is 0. The molecule has 0 saturated carbocycles. The summed E-state index contributed by atoms with van der Waals surface area (Å²) in [6.07, 6.45) is 3.01. The zero-order valence-electron chi connectivity index (χ0n) is 5.37. The average Bonchev–Trinajstić information content (AvgIpc) is 2.10. The van der Waals surface area contributed by atoms with Crippen LogP contribution >= 0.6 is 23.5 Å². The number of rotatable bonds is 1. The smallest absolute Gasteiger partial charge is 0.253 e. The van der Waals surface area contributed by atoms with E-state index in [1.807, 2.05) is 0 Å². The Morgan fingerprint density at radius 1 is 1.55 bits per heavy atom. The second kappa shape index (κ2) is 6.09. The van der Waals surface area contributed by atoms with Crippen molar-refractivity contribution in [3.05, 3.63) is 30.1 Å². The standard InChI is InChI=1S/C6H4ClNO.ClHO/c7-6(9)5-2-1-3-8-4-5;1-2/h1-4H;2H. The highest BCUT2D eigenvalue weighted by Crippen LogP contribution is 1.98. The molecule has 0 atom stereocenters. The molecule has 0 saturated heterocycles. The second-order valence-corrected chi connectivity index (χ2v) is 1.86. The Kier molecular flexibility index (Phi) is 5.74. The van der Waals surface area contributed by atoms with Crippen LogP contribution in [-0.4, -0.2) is 14.9 Å². The lowest BCUT2D eigenvalue weighted by atomic mass is 10.3. The Morgan fingerprint density at radius 3 is 2.45 bits per heavy atom. The van der Waals surface area contributed by atoms with Crippen LogP contribution in [0, 0.1) is 0 Å². The first-order valence-corrected chi connectivity index (χ1v) is 3.29. The second-order valence-electron chi connectivity index (χ2n) is 1.52. The molecule has 3 nitrogen and oxygen atoms in total. The van der Waals surface area contributed by atoms with Gasteiger partial charge in [-0.3, -0.25) is 14.4 Å². The molecule has 5 heteroatoms. The molecule has 0 unspecified atom stereocenters. The molecule has 1 rings (SSSR count). The summed E-state index contributed by atoms with van der Waals surface area (Å²) in [4.78, 5) is 14.1. The van der Waals surface area contributed by atoms with Gasteiger partial charge in [0, 0.05) is 12.4 Å². The topological polar surface area (TPSA) is 50.2 Å². The number of nitrogens with zero attached hydrogens (tertiary/aromatic N) is 1. The first-order chi connectivity index (χ1) is 5.30. The summed E-state index contributed by atoms with van der Waals surface area (Å²) in [5, 5.41) is -0.469. The van der Waals surface area contributed by atoms with Crippen molar-refractivity contribution in [2.24, 2.45) is 0 Å². The van der Waals surface area contributed by atoms with E-state index in [0.29, 0.717) is 5.56 Å². The van der Waals surface area contributed by atoms with Gasteiger partial charge >= 0.3 is 0 Å². The minimum absolute atomic E-state index is 0.430.